The van der Waals surface area contributed by atoms with Gasteiger partial charge in [0.2, 0.25) is 0 Å². The van der Waals surface area contributed by atoms with Crippen LogP contribution < -0.4 is 5.73 Å². The lowest BCUT2D eigenvalue weighted by Gasteiger charge is -2.29. The van der Waals surface area contributed by atoms with Crippen LogP contribution in [0.2, 0.25) is 0 Å². The van der Waals surface area contributed by atoms with Crippen LogP contribution in [0.5, 0.6) is 0 Å². The van der Waals surface area contributed by atoms with Gasteiger partial charge in [-0.1, -0.05) is 30.5 Å². The summed E-state index contributed by atoms with van der Waals surface area (Å²) in [5, 5.41) is 4.00. The number of nitrogens with two attached hydrogens (primary N) is 1. The molecule has 0 bridgehead atoms. The third-order valence-corrected chi connectivity index (χ3v) is 4.61. The standard InChI is InChI=1S/C14H15BrFN3O/c15-11-9(5-4-6-10(11)16)12-18-13(19-20-12)14(17)7-2-1-3-8-14/h4-6H,1-3,7-8,17H2. The van der Waals surface area contributed by atoms with Crippen LogP contribution in [0, 0.1) is 5.82 Å². The van der Waals surface area contributed by atoms with E-state index in [0.29, 0.717) is 21.8 Å². The minimum Gasteiger partial charge on any atom is -0.334 e. The molecule has 1 aromatic carbocycles. The molecule has 0 atom stereocenters. The highest BCUT2D eigenvalue weighted by molar-refractivity contribution is 9.10. The Hall–Kier alpha value is -1.27. The number of hydrogen-bond donors (Lipinski definition) is 1. The lowest BCUT2D eigenvalue weighted by Crippen LogP contribution is -2.39. The van der Waals surface area contributed by atoms with E-state index in [4.69, 9.17) is 10.3 Å². The molecule has 0 aliphatic heterocycles. The molecule has 0 unspecified atom stereocenters. The second kappa shape index (κ2) is 5.26. The van der Waals surface area contributed by atoms with Crippen molar-refractivity contribution >= 4 is 15.9 Å². The quantitative estimate of drug-likeness (QED) is 0.904. The largest absolute Gasteiger partial charge is 0.334 e. The van der Waals surface area contributed by atoms with E-state index in [-0.39, 0.29) is 5.82 Å². The monoisotopic (exact) mass is 339 g/mol. The lowest BCUT2D eigenvalue weighted by atomic mass is 9.82. The molecule has 4 nitrogen and oxygen atoms in total. The SMILES string of the molecule is NC1(c2noc(-c3cccc(F)c3Br)n2)CCCCC1. The molecule has 106 valence electrons. The van der Waals surface area contributed by atoms with Crippen LogP contribution in [0.15, 0.2) is 27.2 Å². The molecule has 3 rings (SSSR count). The van der Waals surface area contributed by atoms with Gasteiger partial charge in [0, 0.05) is 0 Å². The Morgan fingerprint density at radius 2 is 2.00 bits per heavy atom. The molecule has 2 N–H and O–H groups in total. The summed E-state index contributed by atoms with van der Waals surface area (Å²) in [7, 11) is 0. The molecule has 2 aromatic rings. The maximum Gasteiger partial charge on any atom is 0.259 e. The second-order valence-electron chi connectivity index (χ2n) is 5.24. The van der Waals surface area contributed by atoms with Gasteiger partial charge < -0.3 is 10.3 Å². The fourth-order valence-corrected chi connectivity index (χ4v) is 3.04. The van der Waals surface area contributed by atoms with E-state index in [1.54, 1.807) is 12.1 Å². The minimum absolute atomic E-state index is 0.293. The van der Waals surface area contributed by atoms with Crippen LogP contribution >= 0.6 is 15.9 Å². The van der Waals surface area contributed by atoms with E-state index in [1.165, 1.54) is 12.5 Å². The van der Waals surface area contributed by atoms with Crippen molar-refractivity contribution in [2.24, 2.45) is 5.73 Å². The summed E-state index contributed by atoms with van der Waals surface area (Å²) >= 11 is 3.20. The molecule has 0 amide bonds. The smallest absolute Gasteiger partial charge is 0.259 e. The predicted molar refractivity (Wildman–Crippen MR) is 76.3 cm³/mol. The van der Waals surface area contributed by atoms with Crippen molar-refractivity contribution in [3.63, 3.8) is 0 Å². The van der Waals surface area contributed by atoms with Gasteiger partial charge in [-0.2, -0.15) is 4.98 Å². The molecule has 1 aromatic heterocycles. The molecule has 1 aliphatic rings. The number of benzene rings is 1. The first-order valence-corrected chi connectivity index (χ1v) is 7.47. The Labute approximate surface area is 124 Å². The molecule has 1 aliphatic carbocycles. The Kier molecular flexibility index (Phi) is 3.60. The number of aromatic nitrogens is 2. The summed E-state index contributed by atoms with van der Waals surface area (Å²) in [6, 6.07) is 4.71. The van der Waals surface area contributed by atoms with Crippen molar-refractivity contribution in [3.05, 3.63) is 34.3 Å². The summed E-state index contributed by atoms with van der Waals surface area (Å²) in [6.45, 7) is 0. The first kappa shape index (κ1) is 13.7. The zero-order chi connectivity index (χ0) is 14.2. The van der Waals surface area contributed by atoms with Crippen molar-refractivity contribution in [3.8, 4) is 11.5 Å². The Morgan fingerprint density at radius 1 is 1.25 bits per heavy atom. The van der Waals surface area contributed by atoms with E-state index < -0.39 is 5.54 Å². The van der Waals surface area contributed by atoms with E-state index in [1.807, 2.05) is 0 Å². The average molecular weight is 340 g/mol. The maximum absolute atomic E-state index is 13.5. The van der Waals surface area contributed by atoms with E-state index >= 15 is 0 Å². The van der Waals surface area contributed by atoms with Crippen molar-refractivity contribution in [1.82, 2.24) is 10.1 Å². The van der Waals surface area contributed by atoms with Gasteiger partial charge in [0.15, 0.2) is 5.82 Å². The molecular formula is C14H15BrFN3O. The van der Waals surface area contributed by atoms with Crippen LogP contribution in [-0.2, 0) is 5.54 Å². The van der Waals surface area contributed by atoms with E-state index in [2.05, 4.69) is 26.1 Å². The summed E-state index contributed by atoms with van der Waals surface area (Å²) in [5.41, 5.74) is 6.40. The molecule has 1 heterocycles. The van der Waals surface area contributed by atoms with Gasteiger partial charge in [0.1, 0.15) is 5.82 Å². The molecule has 1 saturated carbocycles. The molecule has 1 fully saturated rings. The van der Waals surface area contributed by atoms with Crippen LogP contribution in [0.3, 0.4) is 0 Å². The van der Waals surface area contributed by atoms with Gasteiger partial charge in [-0.15, -0.1) is 0 Å². The summed E-state index contributed by atoms with van der Waals surface area (Å²) in [5.74, 6) is 0.451. The molecule has 6 heteroatoms. The highest BCUT2D eigenvalue weighted by Gasteiger charge is 2.34. The minimum atomic E-state index is -0.514. The van der Waals surface area contributed by atoms with Gasteiger partial charge in [-0.05, 0) is 40.9 Å². The van der Waals surface area contributed by atoms with Gasteiger partial charge >= 0.3 is 0 Å². The first-order chi connectivity index (χ1) is 9.60. The first-order valence-electron chi connectivity index (χ1n) is 6.68. The Balaban J connectivity index is 1.96. The molecular weight excluding hydrogens is 325 g/mol. The van der Waals surface area contributed by atoms with Gasteiger partial charge in [-0.25, -0.2) is 4.39 Å². The number of hydrogen-bond acceptors (Lipinski definition) is 4. The lowest BCUT2D eigenvalue weighted by molar-refractivity contribution is 0.275. The van der Waals surface area contributed by atoms with Crippen molar-refractivity contribution in [2.75, 3.05) is 0 Å². The van der Waals surface area contributed by atoms with Gasteiger partial charge in [0.05, 0.1) is 15.6 Å². The Morgan fingerprint density at radius 3 is 2.75 bits per heavy atom. The maximum atomic E-state index is 13.5. The predicted octanol–water partition coefficient (Wildman–Crippen LogP) is 3.76. The summed E-state index contributed by atoms with van der Waals surface area (Å²) in [4.78, 5) is 4.38. The summed E-state index contributed by atoms with van der Waals surface area (Å²) < 4.78 is 19.1. The van der Waals surface area contributed by atoms with Gasteiger partial charge in [0.25, 0.3) is 5.89 Å². The van der Waals surface area contributed by atoms with Crippen molar-refractivity contribution in [2.45, 2.75) is 37.6 Å². The average Bonchev–Trinajstić information content (AvgIpc) is 2.93. The third-order valence-electron chi connectivity index (χ3n) is 3.80. The molecule has 0 spiro atoms. The third kappa shape index (κ3) is 2.38. The van der Waals surface area contributed by atoms with Crippen LogP contribution in [-0.4, -0.2) is 10.1 Å². The normalized spacial score (nSPS) is 18.1. The molecule has 20 heavy (non-hydrogen) atoms. The van der Waals surface area contributed by atoms with E-state index in [0.717, 1.165) is 25.7 Å². The topological polar surface area (TPSA) is 64.9 Å². The van der Waals surface area contributed by atoms with Crippen LogP contribution in [0.1, 0.15) is 37.9 Å². The molecule has 0 radical (unpaired) electrons. The fourth-order valence-electron chi connectivity index (χ4n) is 2.61. The fraction of sp³-hybridized carbons (Fsp3) is 0.429. The van der Waals surface area contributed by atoms with Crippen molar-refractivity contribution in [1.29, 1.82) is 0 Å². The highest BCUT2D eigenvalue weighted by Crippen LogP contribution is 2.35. The second-order valence-corrected chi connectivity index (χ2v) is 6.03. The van der Waals surface area contributed by atoms with Crippen LogP contribution in [0.25, 0.3) is 11.5 Å². The van der Waals surface area contributed by atoms with Crippen molar-refractivity contribution < 1.29 is 8.91 Å². The summed E-state index contributed by atoms with van der Waals surface area (Å²) in [6.07, 6.45) is 5.06. The van der Waals surface area contributed by atoms with Crippen LogP contribution in [0.4, 0.5) is 4.39 Å². The van der Waals surface area contributed by atoms with E-state index in [9.17, 15) is 4.39 Å². The number of halogens is 2. The Bertz CT molecular complexity index is 623. The number of nitrogens with zero attached hydrogens (tertiary/aromatic N) is 2. The number of rotatable bonds is 2. The highest BCUT2D eigenvalue weighted by atomic mass is 79.9. The van der Waals surface area contributed by atoms with Gasteiger partial charge in [-0.3, -0.25) is 0 Å². The zero-order valence-electron chi connectivity index (χ0n) is 10.9. The zero-order valence-corrected chi connectivity index (χ0v) is 12.5. The molecule has 0 saturated heterocycles.